The van der Waals surface area contributed by atoms with Crippen LogP contribution < -0.4 is 5.32 Å². The Kier molecular flexibility index (Phi) is 5.30. The molecule has 0 aromatic rings. The molecule has 2 aliphatic rings. The first-order chi connectivity index (χ1) is 8.35. The second-order valence-corrected chi connectivity index (χ2v) is 6.01. The average Bonchev–Trinajstić information content (AvgIpc) is 2.59. The van der Waals surface area contributed by atoms with E-state index >= 15 is 0 Å². The number of ether oxygens (including phenoxy) is 1. The minimum atomic E-state index is 0.169. The summed E-state index contributed by atoms with van der Waals surface area (Å²) in [6.45, 7) is 1.05. The maximum atomic E-state index is 6.58. The van der Waals surface area contributed by atoms with Gasteiger partial charge in [0, 0.05) is 6.54 Å². The summed E-state index contributed by atoms with van der Waals surface area (Å²) in [5, 5.41) is 3.36. The van der Waals surface area contributed by atoms with E-state index in [0.717, 1.165) is 6.54 Å². The van der Waals surface area contributed by atoms with Crippen molar-refractivity contribution in [3.8, 4) is 0 Å². The van der Waals surface area contributed by atoms with Crippen LogP contribution in [0.5, 0.6) is 0 Å². The van der Waals surface area contributed by atoms with E-state index in [4.69, 9.17) is 4.74 Å². The van der Waals surface area contributed by atoms with E-state index in [1.807, 2.05) is 0 Å². The van der Waals surface area contributed by atoms with Crippen molar-refractivity contribution < 1.29 is 4.74 Å². The SMILES string of the molecule is CNCC1(OC2CCCCCC2)CCCCC1. The molecule has 0 unspecified atom stereocenters. The molecule has 2 heteroatoms. The Morgan fingerprint density at radius 1 is 0.941 bits per heavy atom. The highest BCUT2D eigenvalue weighted by atomic mass is 16.5. The summed E-state index contributed by atoms with van der Waals surface area (Å²) < 4.78 is 6.58. The molecule has 0 aliphatic heterocycles. The number of likely N-dealkylation sites (N-methyl/N-ethyl adjacent to an activating group) is 1. The lowest BCUT2D eigenvalue weighted by molar-refractivity contribution is -0.115. The van der Waals surface area contributed by atoms with E-state index < -0.39 is 0 Å². The summed E-state index contributed by atoms with van der Waals surface area (Å²) in [6.07, 6.45) is 15.4. The lowest BCUT2D eigenvalue weighted by Crippen LogP contribution is -2.46. The molecule has 2 nitrogen and oxygen atoms in total. The Labute approximate surface area is 107 Å². The van der Waals surface area contributed by atoms with Crippen LogP contribution in [-0.2, 0) is 4.74 Å². The van der Waals surface area contributed by atoms with E-state index in [1.165, 1.54) is 70.6 Å². The summed E-state index contributed by atoms with van der Waals surface area (Å²) in [6, 6.07) is 0. The largest absolute Gasteiger partial charge is 0.370 e. The van der Waals surface area contributed by atoms with Gasteiger partial charge in [0.25, 0.3) is 0 Å². The minimum Gasteiger partial charge on any atom is -0.370 e. The maximum Gasteiger partial charge on any atom is 0.0809 e. The van der Waals surface area contributed by atoms with Crippen LogP contribution >= 0.6 is 0 Å². The Bertz CT molecular complexity index is 197. The zero-order valence-corrected chi connectivity index (χ0v) is 11.5. The second kappa shape index (κ2) is 6.75. The second-order valence-electron chi connectivity index (χ2n) is 6.01. The molecule has 0 heterocycles. The van der Waals surface area contributed by atoms with Crippen molar-refractivity contribution in [1.82, 2.24) is 5.32 Å². The van der Waals surface area contributed by atoms with Crippen LogP contribution in [0.3, 0.4) is 0 Å². The smallest absolute Gasteiger partial charge is 0.0809 e. The zero-order chi connectivity index (χ0) is 12.0. The summed E-state index contributed by atoms with van der Waals surface area (Å²) in [7, 11) is 2.06. The first kappa shape index (κ1) is 13.4. The number of hydrogen-bond acceptors (Lipinski definition) is 2. The van der Waals surface area contributed by atoms with E-state index in [0.29, 0.717) is 6.10 Å². The van der Waals surface area contributed by atoms with E-state index in [9.17, 15) is 0 Å². The number of rotatable bonds is 4. The van der Waals surface area contributed by atoms with Gasteiger partial charge in [-0.05, 0) is 32.7 Å². The molecule has 2 aliphatic carbocycles. The predicted octanol–water partition coefficient (Wildman–Crippen LogP) is 3.65. The van der Waals surface area contributed by atoms with Crippen LogP contribution in [0.2, 0.25) is 0 Å². The molecule has 2 fully saturated rings. The van der Waals surface area contributed by atoms with Gasteiger partial charge in [-0.25, -0.2) is 0 Å². The van der Waals surface area contributed by atoms with Crippen LogP contribution in [0.25, 0.3) is 0 Å². The standard InChI is InChI=1S/C15H29NO/c1-16-13-15(11-7-4-8-12-15)17-14-9-5-2-3-6-10-14/h14,16H,2-13H2,1H3. The molecule has 17 heavy (non-hydrogen) atoms. The summed E-state index contributed by atoms with van der Waals surface area (Å²) in [5.74, 6) is 0. The van der Waals surface area contributed by atoms with Crippen molar-refractivity contribution in [1.29, 1.82) is 0 Å². The van der Waals surface area contributed by atoms with Crippen LogP contribution in [-0.4, -0.2) is 25.3 Å². The summed E-state index contributed by atoms with van der Waals surface area (Å²) in [4.78, 5) is 0. The average molecular weight is 239 g/mol. The molecule has 1 N–H and O–H groups in total. The third-order valence-electron chi connectivity index (χ3n) is 4.48. The Morgan fingerprint density at radius 3 is 2.12 bits per heavy atom. The van der Waals surface area contributed by atoms with Gasteiger partial charge in [-0.3, -0.25) is 0 Å². The van der Waals surface area contributed by atoms with Gasteiger partial charge in [0.05, 0.1) is 11.7 Å². The van der Waals surface area contributed by atoms with Gasteiger partial charge >= 0.3 is 0 Å². The van der Waals surface area contributed by atoms with Gasteiger partial charge in [0.1, 0.15) is 0 Å². The van der Waals surface area contributed by atoms with Gasteiger partial charge in [0.15, 0.2) is 0 Å². The van der Waals surface area contributed by atoms with Gasteiger partial charge in [0.2, 0.25) is 0 Å². The van der Waals surface area contributed by atoms with Gasteiger partial charge in [-0.15, -0.1) is 0 Å². The highest BCUT2D eigenvalue weighted by Crippen LogP contribution is 2.34. The molecular formula is C15H29NO. The first-order valence-electron chi connectivity index (χ1n) is 7.67. The highest BCUT2D eigenvalue weighted by molar-refractivity contribution is 4.87. The van der Waals surface area contributed by atoms with Crippen LogP contribution in [0.4, 0.5) is 0 Å². The summed E-state index contributed by atoms with van der Waals surface area (Å²) in [5.41, 5.74) is 0.169. The molecule has 0 aromatic carbocycles. The van der Waals surface area contributed by atoms with Crippen LogP contribution in [0.1, 0.15) is 70.6 Å². The fourth-order valence-electron chi connectivity index (χ4n) is 3.57. The van der Waals surface area contributed by atoms with E-state index in [2.05, 4.69) is 12.4 Å². The van der Waals surface area contributed by atoms with Crippen molar-refractivity contribution in [3.63, 3.8) is 0 Å². The minimum absolute atomic E-state index is 0.169. The molecule has 100 valence electrons. The van der Waals surface area contributed by atoms with E-state index in [1.54, 1.807) is 0 Å². The lowest BCUT2D eigenvalue weighted by atomic mass is 9.84. The molecule has 0 bridgehead atoms. The summed E-state index contributed by atoms with van der Waals surface area (Å²) >= 11 is 0. The Morgan fingerprint density at radius 2 is 1.53 bits per heavy atom. The first-order valence-corrected chi connectivity index (χ1v) is 7.67. The maximum absolute atomic E-state index is 6.58. The number of hydrogen-bond donors (Lipinski definition) is 1. The molecule has 0 amide bonds. The Balaban J connectivity index is 1.90. The molecule has 0 saturated heterocycles. The number of nitrogens with one attached hydrogen (secondary N) is 1. The van der Waals surface area contributed by atoms with Crippen molar-refractivity contribution in [2.24, 2.45) is 0 Å². The van der Waals surface area contributed by atoms with Crippen LogP contribution in [0.15, 0.2) is 0 Å². The van der Waals surface area contributed by atoms with Crippen molar-refractivity contribution in [2.45, 2.75) is 82.3 Å². The fourth-order valence-corrected chi connectivity index (χ4v) is 3.57. The normalized spacial score (nSPS) is 26.6. The monoisotopic (exact) mass is 239 g/mol. The van der Waals surface area contributed by atoms with E-state index in [-0.39, 0.29) is 5.60 Å². The zero-order valence-electron chi connectivity index (χ0n) is 11.5. The third-order valence-corrected chi connectivity index (χ3v) is 4.48. The molecule has 2 saturated carbocycles. The molecule has 0 radical (unpaired) electrons. The quantitative estimate of drug-likeness (QED) is 0.756. The van der Waals surface area contributed by atoms with Crippen molar-refractivity contribution in [2.75, 3.05) is 13.6 Å². The Hall–Kier alpha value is -0.0800. The predicted molar refractivity (Wildman–Crippen MR) is 72.3 cm³/mol. The topological polar surface area (TPSA) is 21.3 Å². The molecular weight excluding hydrogens is 210 g/mol. The molecule has 0 atom stereocenters. The lowest BCUT2D eigenvalue weighted by Gasteiger charge is -2.40. The molecule has 0 spiro atoms. The van der Waals surface area contributed by atoms with Gasteiger partial charge in [-0.1, -0.05) is 44.9 Å². The van der Waals surface area contributed by atoms with Crippen molar-refractivity contribution >= 4 is 0 Å². The van der Waals surface area contributed by atoms with Gasteiger partial charge < -0.3 is 10.1 Å². The third kappa shape index (κ3) is 3.96. The van der Waals surface area contributed by atoms with Crippen molar-refractivity contribution in [3.05, 3.63) is 0 Å². The van der Waals surface area contributed by atoms with Gasteiger partial charge in [-0.2, -0.15) is 0 Å². The van der Waals surface area contributed by atoms with Crippen LogP contribution in [0, 0.1) is 0 Å². The molecule has 2 rings (SSSR count). The highest BCUT2D eigenvalue weighted by Gasteiger charge is 2.34. The fraction of sp³-hybridized carbons (Fsp3) is 1.00. The molecule has 0 aromatic heterocycles.